The largest absolute Gasteiger partial charge is 0.337 e. The van der Waals surface area contributed by atoms with E-state index in [1.807, 2.05) is 40.7 Å². The monoisotopic (exact) mass is 390 g/mol. The van der Waals surface area contributed by atoms with E-state index in [2.05, 4.69) is 9.97 Å². The predicted octanol–water partition coefficient (Wildman–Crippen LogP) is 4.50. The molecule has 0 aromatic carbocycles. The lowest BCUT2D eigenvalue weighted by Crippen LogP contribution is -2.39. The highest BCUT2D eigenvalue weighted by Gasteiger charge is 2.31. The number of rotatable bonds is 4. The van der Waals surface area contributed by atoms with E-state index in [-0.39, 0.29) is 11.8 Å². The second-order valence-electron chi connectivity index (χ2n) is 7.60. The number of hydrogen-bond donors (Lipinski definition) is 0. The summed E-state index contributed by atoms with van der Waals surface area (Å²) in [7, 11) is 0. The van der Waals surface area contributed by atoms with E-state index >= 15 is 0 Å². The van der Waals surface area contributed by atoms with Crippen molar-refractivity contribution >= 4 is 17.2 Å². The topological polar surface area (TPSA) is 59.0 Å². The van der Waals surface area contributed by atoms with Crippen LogP contribution in [-0.2, 0) is 0 Å². The van der Waals surface area contributed by atoms with Crippen LogP contribution in [0, 0.1) is 0 Å². The van der Waals surface area contributed by atoms with Gasteiger partial charge in [0.15, 0.2) is 0 Å². The third kappa shape index (κ3) is 3.44. The first-order valence-corrected chi connectivity index (χ1v) is 10.8. The molecule has 28 heavy (non-hydrogen) atoms. The number of hydrogen-bond acceptors (Lipinski definition) is 5. The Bertz CT molecular complexity index is 969. The molecule has 0 radical (unpaired) electrons. The smallest absolute Gasteiger partial charge is 0.263 e. The maximum atomic E-state index is 12.9. The standard InChI is InChI=1S/C22H22N4OS/c27-22(19-4-2-12-28-19)26-11-1-3-17(14-26)20-18(15-7-9-23-10-8-15)13-24-21(25-20)16-5-6-16/h2,4,7-10,12-13,16-17H,1,3,5-6,11,14H2. The van der Waals surface area contributed by atoms with Gasteiger partial charge in [0.2, 0.25) is 0 Å². The van der Waals surface area contributed by atoms with Crippen LogP contribution in [0.2, 0.25) is 0 Å². The predicted molar refractivity (Wildman–Crippen MR) is 109 cm³/mol. The molecule has 3 aromatic heterocycles. The van der Waals surface area contributed by atoms with Crippen molar-refractivity contribution < 1.29 is 4.79 Å². The molecule has 3 aromatic rings. The molecule has 4 heterocycles. The van der Waals surface area contributed by atoms with E-state index in [0.29, 0.717) is 5.92 Å². The minimum atomic E-state index is 0.140. The number of likely N-dealkylation sites (tertiary alicyclic amines) is 1. The number of amides is 1. The van der Waals surface area contributed by atoms with E-state index in [4.69, 9.17) is 4.98 Å². The minimum absolute atomic E-state index is 0.140. The van der Waals surface area contributed by atoms with Crippen LogP contribution in [0.1, 0.15) is 58.7 Å². The number of piperidine rings is 1. The fourth-order valence-corrected chi connectivity index (χ4v) is 4.64. The summed E-state index contributed by atoms with van der Waals surface area (Å²) in [4.78, 5) is 29.5. The van der Waals surface area contributed by atoms with Gasteiger partial charge in [-0.05, 0) is 54.8 Å². The highest BCUT2D eigenvalue weighted by Crippen LogP contribution is 2.40. The fraction of sp³-hybridized carbons (Fsp3) is 0.364. The molecule has 1 amide bonds. The highest BCUT2D eigenvalue weighted by molar-refractivity contribution is 7.12. The molecule has 6 heteroatoms. The zero-order valence-electron chi connectivity index (χ0n) is 15.6. The quantitative estimate of drug-likeness (QED) is 0.658. The summed E-state index contributed by atoms with van der Waals surface area (Å²) < 4.78 is 0. The van der Waals surface area contributed by atoms with E-state index in [1.165, 1.54) is 24.2 Å². The lowest BCUT2D eigenvalue weighted by atomic mass is 9.90. The summed E-state index contributed by atoms with van der Waals surface area (Å²) in [6, 6.07) is 7.87. The van der Waals surface area contributed by atoms with Gasteiger partial charge in [-0.2, -0.15) is 0 Å². The Labute approximate surface area is 168 Å². The zero-order chi connectivity index (χ0) is 18.9. The molecule has 2 fully saturated rings. The molecule has 1 saturated heterocycles. The molecule has 1 unspecified atom stereocenters. The molecule has 1 saturated carbocycles. The first kappa shape index (κ1) is 17.5. The minimum Gasteiger partial charge on any atom is -0.337 e. The average molecular weight is 391 g/mol. The Morgan fingerprint density at radius 3 is 2.71 bits per heavy atom. The average Bonchev–Trinajstić information content (AvgIpc) is 3.47. The molecular weight excluding hydrogens is 368 g/mol. The van der Waals surface area contributed by atoms with Crippen LogP contribution in [0.4, 0.5) is 0 Å². The van der Waals surface area contributed by atoms with Crippen LogP contribution < -0.4 is 0 Å². The van der Waals surface area contributed by atoms with Gasteiger partial charge in [0.05, 0.1) is 10.6 Å². The van der Waals surface area contributed by atoms with Gasteiger partial charge in [-0.15, -0.1) is 11.3 Å². The Hall–Kier alpha value is -2.60. The lowest BCUT2D eigenvalue weighted by molar-refractivity contribution is 0.0711. The number of pyridine rings is 1. The van der Waals surface area contributed by atoms with Gasteiger partial charge in [0, 0.05) is 49.1 Å². The van der Waals surface area contributed by atoms with Crippen molar-refractivity contribution in [3.63, 3.8) is 0 Å². The number of carbonyl (C=O) groups excluding carboxylic acids is 1. The molecule has 2 aliphatic rings. The van der Waals surface area contributed by atoms with Crippen molar-refractivity contribution in [3.05, 3.63) is 64.6 Å². The van der Waals surface area contributed by atoms with Gasteiger partial charge in [0.25, 0.3) is 5.91 Å². The molecule has 0 spiro atoms. The van der Waals surface area contributed by atoms with Crippen molar-refractivity contribution in [2.45, 2.75) is 37.5 Å². The molecular formula is C22H22N4OS. The summed E-state index contributed by atoms with van der Waals surface area (Å²) >= 11 is 1.51. The van der Waals surface area contributed by atoms with E-state index in [0.717, 1.165) is 53.5 Å². The van der Waals surface area contributed by atoms with Crippen LogP contribution >= 0.6 is 11.3 Å². The molecule has 5 nitrogen and oxygen atoms in total. The normalized spacial score (nSPS) is 19.6. The Balaban J connectivity index is 1.48. The molecule has 5 rings (SSSR count). The van der Waals surface area contributed by atoms with E-state index in [9.17, 15) is 4.79 Å². The summed E-state index contributed by atoms with van der Waals surface area (Å²) in [5.41, 5.74) is 3.25. The van der Waals surface area contributed by atoms with Gasteiger partial charge in [-0.3, -0.25) is 9.78 Å². The van der Waals surface area contributed by atoms with Crippen molar-refractivity contribution in [2.75, 3.05) is 13.1 Å². The summed E-state index contributed by atoms with van der Waals surface area (Å²) in [6.45, 7) is 1.54. The van der Waals surface area contributed by atoms with Gasteiger partial charge < -0.3 is 4.90 Å². The molecule has 1 atom stereocenters. The third-order valence-electron chi connectivity index (χ3n) is 5.60. The van der Waals surface area contributed by atoms with Crippen molar-refractivity contribution in [1.29, 1.82) is 0 Å². The first-order valence-electron chi connectivity index (χ1n) is 9.89. The van der Waals surface area contributed by atoms with Gasteiger partial charge in [-0.25, -0.2) is 9.97 Å². The molecule has 1 aliphatic carbocycles. The Morgan fingerprint density at radius 1 is 1.11 bits per heavy atom. The van der Waals surface area contributed by atoms with E-state index in [1.54, 1.807) is 12.4 Å². The second kappa shape index (κ2) is 7.43. The van der Waals surface area contributed by atoms with E-state index < -0.39 is 0 Å². The molecule has 0 bridgehead atoms. The second-order valence-corrected chi connectivity index (χ2v) is 8.55. The van der Waals surface area contributed by atoms with Crippen LogP contribution in [0.15, 0.2) is 48.2 Å². The van der Waals surface area contributed by atoms with Crippen LogP contribution in [0.3, 0.4) is 0 Å². The molecule has 1 aliphatic heterocycles. The van der Waals surface area contributed by atoms with Crippen LogP contribution in [-0.4, -0.2) is 38.8 Å². The maximum absolute atomic E-state index is 12.9. The number of thiophene rings is 1. The lowest BCUT2D eigenvalue weighted by Gasteiger charge is -2.33. The summed E-state index contributed by atoms with van der Waals surface area (Å²) in [5, 5.41) is 1.96. The van der Waals surface area contributed by atoms with Gasteiger partial charge in [-0.1, -0.05) is 6.07 Å². The van der Waals surface area contributed by atoms with Gasteiger partial charge in [0.1, 0.15) is 5.82 Å². The van der Waals surface area contributed by atoms with Crippen LogP contribution in [0.5, 0.6) is 0 Å². The first-order chi connectivity index (χ1) is 13.8. The molecule has 142 valence electrons. The number of carbonyl (C=O) groups is 1. The van der Waals surface area contributed by atoms with Crippen molar-refractivity contribution in [2.24, 2.45) is 0 Å². The highest BCUT2D eigenvalue weighted by atomic mass is 32.1. The van der Waals surface area contributed by atoms with Crippen molar-refractivity contribution in [3.8, 4) is 11.1 Å². The summed E-state index contributed by atoms with van der Waals surface area (Å²) in [5.74, 6) is 1.86. The Morgan fingerprint density at radius 2 is 1.96 bits per heavy atom. The molecule has 0 N–H and O–H groups in total. The van der Waals surface area contributed by atoms with Gasteiger partial charge >= 0.3 is 0 Å². The van der Waals surface area contributed by atoms with Crippen molar-refractivity contribution in [1.82, 2.24) is 19.9 Å². The SMILES string of the molecule is O=C(c1cccs1)N1CCCC(c2nc(C3CC3)ncc2-c2ccncc2)C1. The third-order valence-corrected chi connectivity index (χ3v) is 6.46. The summed E-state index contributed by atoms with van der Waals surface area (Å²) in [6.07, 6.45) is 10.0. The number of nitrogens with zero attached hydrogens (tertiary/aromatic N) is 4. The maximum Gasteiger partial charge on any atom is 0.263 e. The van der Waals surface area contributed by atoms with Crippen LogP contribution in [0.25, 0.3) is 11.1 Å². The number of aromatic nitrogens is 3. The fourth-order valence-electron chi connectivity index (χ4n) is 3.95. The zero-order valence-corrected chi connectivity index (χ0v) is 16.4. The Kier molecular flexibility index (Phi) is 4.64.